The molecule has 0 saturated carbocycles. The van der Waals surface area contributed by atoms with Crippen LogP contribution in [0, 0.1) is 5.92 Å². The summed E-state index contributed by atoms with van der Waals surface area (Å²) in [6.07, 6.45) is 2.62. The maximum atomic E-state index is 12.6. The Bertz CT molecular complexity index is 828. The molecule has 0 bridgehead atoms. The summed E-state index contributed by atoms with van der Waals surface area (Å²) in [5.74, 6) is 1.11. The van der Waals surface area contributed by atoms with Crippen LogP contribution in [-0.2, 0) is 24.1 Å². The molecule has 0 spiro atoms. The van der Waals surface area contributed by atoms with Crippen molar-refractivity contribution in [3.63, 3.8) is 0 Å². The number of thiophene rings is 1. The number of nitrogens with zero attached hydrogens (tertiary/aromatic N) is 2. The Kier molecular flexibility index (Phi) is 6.68. The number of aryl methyl sites for hydroxylation is 2. The van der Waals surface area contributed by atoms with Crippen LogP contribution in [0.15, 0.2) is 4.79 Å². The number of aliphatic hydroxyl groups excluding tert-OH is 1. The molecule has 0 aliphatic heterocycles. The van der Waals surface area contributed by atoms with Crippen molar-refractivity contribution in [1.29, 1.82) is 0 Å². The first kappa shape index (κ1) is 20.5. The predicted molar refractivity (Wildman–Crippen MR) is 109 cm³/mol. The number of fused-ring (bicyclic) bond motifs is 3. The zero-order valence-electron chi connectivity index (χ0n) is 16.7. The van der Waals surface area contributed by atoms with Gasteiger partial charge in [-0.25, -0.2) is 4.98 Å². The summed E-state index contributed by atoms with van der Waals surface area (Å²) in [7, 11) is 0. The number of nitrogens with one attached hydrogen (secondary N) is 1. The summed E-state index contributed by atoms with van der Waals surface area (Å²) in [5.41, 5.74) is 1.17. The first-order chi connectivity index (χ1) is 12.8. The molecule has 0 radical (unpaired) electrons. The summed E-state index contributed by atoms with van der Waals surface area (Å²) in [6.45, 7) is 10.3. The maximum Gasteiger partial charge on any atom is 0.259 e. The van der Waals surface area contributed by atoms with E-state index in [1.165, 1.54) is 10.4 Å². The van der Waals surface area contributed by atoms with Gasteiger partial charge in [-0.3, -0.25) is 9.69 Å². The van der Waals surface area contributed by atoms with Crippen molar-refractivity contribution in [3.8, 4) is 0 Å². The van der Waals surface area contributed by atoms with E-state index >= 15 is 0 Å². The number of ether oxygens (including phenoxy) is 1. The monoisotopic (exact) mass is 393 g/mol. The Labute approximate surface area is 164 Å². The summed E-state index contributed by atoms with van der Waals surface area (Å²) in [6, 6.07) is 0.221. The van der Waals surface area contributed by atoms with Gasteiger partial charge in [0.25, 0.3) is 5.56 Å². The smallest absolute Gasteiger partial charge is 0.259 e. The predicted octanol–water partition coefficient (Wildman–Crippen LogP) is 2.72. The lowest BCUT2D eigenvalue weighted by Crippen LogP contribution is -2.39. The quantitative estimate of drug-likeness (QED) is 0.685. The van der Waals surface area contributed by atoms with E-state index in [0.29, 0.717) is 38.0 Å². The topological polar surface area (TPSA) is 78.5 Å². The molecular formula is C20H31N3O3S. The molecule has 3 rings (SSSR count). The van der Waals surface area contributed by atoms with Crippen LogP contribution in [0.3, 0.4) is 0 Å². The van der Waals surface area contributed by atoms with Gasteiger partial charge in [-0.15, -0.1) is 11.3 Å². The molecule has 2 aromatic rings. The van der Waals surface area contributed by atoms with Crippen molar-refractivity contribution in [2.24, 2.45) is 5.92 Å². The highest BCUT2D eigenvalue weighted by atomic mass is 32.1. The van der Waals surface area contributed by atoms with Crippen LogP contribution >= 0.6 is 11.3 Å². The number of rotatable bonds is 9. The van der Waals surface area contributed by atoms with E-state index in [-0.39, 0.29) is 11.6 Å². The van der Waals surface area contributed by atoms with Gasteiger partial charge in [0.15, 0.2) is 0 Å². The molecule has 7 heteroatoms. The van der Waals surface area contributed by atoms with Crippen LogP contribution in [0.1, 0.15) is 50.4 Å². The van der Waals surface area contributed by atoms with Crippen molar-refractivity contribution < 1.29 is 9.84 Å². The molecule has 0 saturated heterocycles. The highest BCUT2D eigenvalue weighted by Crippen LogP contribution is 2.34. The minimum atomic E-state index is -0.563. The summed E-state index contributed by atoms with van der Waals surface area (Å²) >= 11 is 1.66. The fourth-order valence-corrected chi connectivity index (χ4v) is 4.82. The van der Waals surface area contributed by atoms with E-state index < -0.39 is 6.10 Å². The third kappa shape index (κ3) is 4.96. The van der Waals surface area contributed by atoms with Crippen LogP contribution in [0.2, 0.25) is 0 Å². The van der Waals surface area contributed by atoms with E-state index in [4.69, 9.17) is 9.72 Å². The maximum absolute atomic E-state index is 12.6. The Morgan fingerprint density at radius 3 is 2.74 bits per heavy atom. The lowest BCUT2D eigenvalue weighted by atomic mass is 10.2. The molecule has 6 nitrogen and oxygen atoms in total. The van der Waals surface area contributed by atoms with E-state index in [0.717, 1.165) is 29.5 Å². The zero-order valence-corrected chi connectivity index (χ0v) is 17.6. The second-order valence-electron chi connectivity index (χ2n) is 8.16. The number of aromatic amines is 1. The summed E-state index contributed by atoms with van der Waals surface area (Å²) < 4.78 is 5.55. The van der Waals surface area contributed by atoms with Gasteiger partial charge in [-0.05, 0) is 44.6 Å². The number of H-pyrrole nitrogens is 1. The van der Waals surface area contributed by atoms with Gasteiger partial charge < -0.3 is 14.8 Å². The van der Waals surface area contributed by atoms with Gasteiger partial charge >= 0.3 is 0 Å². The third-order valence-corrected chi connectivity index (χ3v) is 6.10. The van der Waals surface area contributed by atoms with Crippen molar-refractivity contribution in [3.05, 3.63) is 26.6 Å². The largest absolute Gasteiger partial charge is 0.389 e. The molecule has 150 valence electrons. The Hall–Kier alpha value is -1.28. The average molecular weight is 394 g/mol. The van der Waals surface area contributed by atoms with Gasteiger partial charge in [0.2, 0.25) is 0 Å². The Morgan fingerprint density at radius 1 is 1.26 bits per heavy atom. The lowest BCUT2D eigenvalue weighted by molar-refractivity contribution is 0.00129. The Balaban J connectivity index is 1.70. The van der Waals surface area contributed by atoms with E-state index in [1.807, 2.05) is 0 Å². The third-order valence-electron chi connectivity index (χ3n) is 4.91. The van der Waals surface area contributed by atoms with Crippen molar-refractivity contribution >= 4 is 21.6 Å². The van der Waals surface area contributed by atoms with Crippen LogP contribution in [0.5, 0.6) is 0 Å². The number of hydrogen-bond acceptors (Lipinski definition) is 6. The van der Waals surface area contributed by atoms with Gasteiger partial charge in [0, 0.05) is 24.1 Å². The fourth-order valence-electron chi connectivity index (χ4n) is 3.54. The van der Waals surface area contributed by atoms with E-state index in [9.17, 15) is 9.90 Å². The fraction of sp³-hybridized carbons (Fsp3) is 0.700. The minimum absolute atomic E-state index is 0.0288. The molecule has 0 aromatic carbocycles. The van der Waals surface area contributed by atoms with E-state index in [1.54, 1.807) is 11.3 Å². The molecule has 2 heterocycles. The number of aromatic nitrogens is 2. The first-order valence-electron chi connectivity index (χ1n) is 9.88. The second-order valence-corrected chi connectivity index (χ2v) is 9.24. The highest BCUT2D eigenvalue weighted by molar-refractivity contribution is 7.18. The molecule has 2 N–H and O–H groups in total. The van der Waals surface area contributed by atoms with Gasteiger partial charge in [0.05, 0.1) is 24.6 Å². The lowest BCUT2D eigenvalue weighted by Gasteiger charge is -2.28. The average Bonchev–Trinajstić information content (AvgIpc) is 3.14. The Morgan fingerprint density at radius 2 is 2.04 bits per heavy atom. The number of aliphatic hydroxyl groups is 1. The van der Waals surface area contributed by atoms with Crippen molar-refractivity contribution in [2.45, 2.75) is 65.6 Å². The molecule has 0 unspecified atom stereocenters. The van der Waals surface area contributed by atoms with Gasteiger partial charge in [0.1, 0.15) is 10.7 Å². The van der Waals surface area contributed by atoms with Crippen LogP contribution in [0.4, 0.5) is 0 Å². The standard InChI is InChI=1S/C20H31N3O3S/c1-12(2)10-26-11-14(24)8-23(13(3)4)9-17-21-19(25)18-15-6-5-7-16(15)27-20(18)22-17/h12-14,24H,5-11H2,1-4H3,(H,21,22,25)/t14-/m0/s1. The summed E-state index contributed by atoms with van der Waals surface area (Å²) in [5, 5.41) is 11.1. The molecule has 1 aliphatic rings. The van der Waals surface area contributed by atoms with Crippen LogP contribution in [0.25, 0.3) is 10.2 Å². The minimum Gasteiger partial charge on any atom is -0.389 e. The van der Waals surface area contributed by atoms with Gasteiger partial charge in [-0.1, -0.05) is 13.8 Å². The van der Waals surface area contributed by atoms with Crippen molar-refractivity contribution in [1.82, 2.24) is 14.9 Å². The zero-order chi connectivity index (χ0) is 19.6. The second kappa shape index (κ2) is 8.82. The van der Waals surface area contributed by atoms with Crippen LogP contribution in [-0.4, -0.2) is 51.9 Å². The molecular weight excluding hydrogens is 362 g/mol. The SMILES string of the molecule is CC(C)COC[C@@H](O)CN(Cc1nc2sc3c(c2c(=O)[nH]1)CCC3)C(C)C. The van der Waals surface area contributed by atoms with Crippen molar-refractivity contribution in [2.75, 3.05) is 19.8 Å². The molecule has 2 aromatic heterocycles. The number of hydrogen-bond donors (Lipinski definition) is 2. The highest BCUT2D eigenvalue weighted by Gasteiger charge is 2.22. The van der Waals surface area contributed by atoms with Crippen LogP contribution < -0.4 is 5.56 Å². The normalized spacial score (nSPS) is 15.4. The van der Waals surface area contributed by atoms with E-state index in [2.05, 4.69) is 37.6 Å². The molecule has 1 aliphatic carbocycles. The first-order valence-corrected chi connectivity index (χ1v) is 10.7. The molecule has 1 atom stereocenters. The molecule has 27 heavy (non-hydrogen) atoms. The molecule has 0 amide bonds. The molecule has 0 fully saturated rings. The van der Waals surface area contributed by atoms with Gasteiger partial charge in [-0.2, -0.15) is 0 Å². The summed E-state index contributed by atoms with van der Waals surface area (Å²) in [4.78, 5) is 24.6.